The zero-order valence-electron chi connectivity index (χ0n) is 15.0. The molecule has 132 valence electrons. The molecule has 0 radical (unpaired) electrons. The summed E-state index contributed by atoms with van der Waals surface area (Å²) in [5, 5.41) is 13.6. The third-order valence-electron chi connectivity index (χ3n) is 3.26. The number of guanidine groups is 1. The van der Waals surface area contributed by atoms with Crippen LogP contribution >= 0.6 is 11.3 Å². The molecule has 0 amide bonds. The van der Waals surface area contributed by atoms with E-state index < -0.39 is 0 Å². The van der Waals surface area contributed by atoms with Gasteiger partial charge in [-0.05, 0) is 12.8 Å². The second-order valence-electron chi connectivity index (χ2n) is 5.94. The summed E-state index contributed by atoms with van der Waals surface area (Å²) in [4.78, 5) is 11.1. The minimum Gasteiger partial charge on any atom is -0.359 e. The number of thiazole rings is 1. The first-order valence-corrected chi connectivity index (χ1v) is 8.97. The van der Waals surface area contributed by atoms with Crippen molar-refractivity contribution < 1.29 is 4.52 Å². The number of aromatic nitrogens is 2. The molecule has 2 N–H and O–H groups in total. The highest BCUT2D eigenvalue weighted by atomic mass is 32.1. The molecule has 2 aromatic heterocycles. The van der Waals surface area contributed by atoms with Crippen LogP contribution < -0.4 is 15.5 Å². The monoisotopic (exact) mass is 350 g/mol. The topological polar surface area (TPSA) is 78.6 Å². The number of hydrogen-bond acceptors (Lipinski definition) is 6. The molecule has 2 heterocycles. The van der Waals surface area contributed by atoms with Crippen LogP contribution in [0.25, 0.3) is 0 Å². The molecule has 0 spiro atoms. The lowest BCUT2D eigenvalue weighted by atomic mass is 10.1. The van der Waals surface area contributed by atoms with Crippen LogP contribution in [0.5, 0.6) is 0 Å². The third-order valence-corrected chi connectivity index (χ3v) is 4.32. The molecule has 7 nitrogen and oxygen atoms in total. The van der Waals surface area contributed by atoms with Gasteiger partial charge in [-0.2, -0.15) is 0 Å². The first-order chi connectivity index (χ1) is 11.5. The highest BCUT2D eigenvalue weighted by Gasteiger charge is 2.08. The summed E-state index contributed by atoms with van der Waals surface area (Å²) >= 11 is 1.62. The normalized spacial score (nSPS) is 11.8. The molecule has 0 aliphatic heterocycles. The van der Waals surface area contributed by atoms with E-state index in [2.05, 4.69) is 39.6 Å². The number of nitrogens with one attached hydrogen (secondary N) is 2. The van der Waals surface area contributed by atoms with Gasteiger partial charge < -0.3 is 20.1 Å². The van der Waals surface area contributed by atoms with Crippen LogP contribution in [0.2, 0.25) is 0 Å². The predicted molar refractivity (Wildman–Crippen MR) is 98.7 cm³/mol. The van der Waals surface area contributed by atoms with Crippen molar-refractivity contribution in [3.8, 4) is 0 Å². The van der Waals surface area contributed by atoms with Crippen LogP contribution in [0.15, 0.2) is 21.0 Å². The lowest BCUT2D eigenvalue weighted by Crippen LogP contribution is -2.36. The number of hydrogen-bond donors (Lipinski definition) is 2. The molecule has 0 saturated heterocycles. The predicted octanol–water partition coefficient (Wildman–Crippen LogP) is 2.58. The fourth-order valence-electron chi connectivity index (χ4n) is 1.93. The van der Waals surface area contributed by atoms with E-state index in [0.717, 1.165) is 34.8 Å². The van der Waals surface area contributed by atoms with Gasteiger partial charge in [-0.1, -0.05) is 19.0 Å². The summed E-state index contributed by atoms with van der Waals surface area (Å²) in [6.07, 6.45) is 0. The van der Waals surface area contributed by atoms with Gasteiger partial charge in [0.25, 0.3) is 0 Å². The van der Waals surface area contributed by atoms with Gasteiger partial charge in [0, 0.05) is 32.1 Å². The molecule has 24 heavy (non-hydrogen) atoms. The summed E-state index contributed by atoms with van der Waals surface area (Å²) in [6, 6.07) is 1.98. The zero-order chi connectivity index (χ0) is 17.5. The van der Waals surface area contributed by atoms with Crippen LogP contribution in [-0.4, -0.2) is 36.7 Å². The van der Waals surface area contributed by atoms with Gasteiger partial charge in [-0.25, -0.2) is 9.98 Å². The largest absolute Gasteiger partial charge is 0.359 e. The van der Waals surface area contributed by atoms with E-state index in [-0.39, 0.29) is 0 Å². The van der Waals surface area contributed by atoms with Crippen LogP contribution in [0, 0.1) is 0 Å². The Bertz CT molecular complexity index is 661. The van der Waals surface area contributed by atoms with Gasteiger partial charge in [0.05, 0.1) is 24.5 Å². The lowest BCUT2D eigenvalue weighted by molar-refractivity contribution is 0.372. The number of anilines is 1. The van der Waals surface area contributed by atoms with Crippen LogP contribution in [-0.2, 0) is 13.1 Å². The minimum atomic E-state index is 0.361. The molecular weight excluding hydrogens is 324 g/mol. The van der Waals surface area contributed by atoms with Gasteiger partial charge >= 0.3 is 0 Å². The molecule has 2 aromatic rings. The summed E-state index contributed by atoms with van der Waals surface area (Å²) in [6.45, 7) is 8.10. The molecule has 0 saturated carbocycles. The van der Waals surface area contributed by atoms with E-state index in [1.165, 1.54) is 0 Å². The van der Waals surface area contributed by atoms with Crippen LogP contribution in [0.4, 0.5) is 5.13 Å². The molecule has 8 heteroatoms. The molecule has 0 aliphatic rings. The maximum absolute atomic E-state index is 5.34. The summed E-state index contributed by atoms with van der Waals surface area (Å²) in [5.74, 6) is 1.90. The van der Waals surface area contributed by atoms with E-state index in [4.69, 9.17) is 4.52 Å². The van der Waals surface area contributed by atoms with Crippen molar-refractivity contribution in [3.05, 3.63) is 28.6 Å². The number of rotatable bonds is 7. The fourth-order valence-corrected chi connectivity index (χ4v) is 2.68. The van der Waals surface area contributed by atoms with Gasteiger partial charge in [0.2, 0.25) is 0 Å². The van der Waals surface area contributed by atoms with Gasteiger partial charge in [-0.3, -0.25) is 0 Å². The Morgan fingerprint density at radius 2 is 2.17 bits per heavy atom. The van der Waals surface area contributed by atoms with Crippen molar-refractivity contribution in [2.45, 2.75) is 39.8 Å². The van der Waals surface area contributed by atoms with Gasteiger partial charge in [-0.15, -0.1) is 11.3 Å². The Labute approximate surface area is 147 Å². The van der Waals surface area contributed by atoms with E-state index in [9.17, 15) is 0 Å². The van der Waals surface area contributed by atoms with Gasteiger partial charge in [0.1, 0.15) is 0 Å². The zero-order valence-corrected chi connectivity index (χ0v) is 15.8. The highest BCUT2D eigenvalue weighted by Crippen LogP contribution is 2.18. The molecule has 0 fully saturated rings. The second-order valence-corrected chi connectivity index (χ2v) is 6.77. The van der Waals surface area contributed by atoms with E-state index in [0.29, 0.717) is 19.0 Å². The van der Waals surface area contributed by atoms with Gasteiger partial charge in [0.15, 0.2) is 16.9 Å². The minimum absolute atomic E-state index is 0.361. The highest BCUT2D eigenvalue weighted by molar-refractivity contribution is 7.13. The SMILES string of the molecule is CCNC(=NCc1csc(N(C)C)n1)NCc1cc(C(C)C)no1. The van der Waals surface area contributed by atoms with E-state index in [1.54, 1.807) is 11.3 Å². The van der Waals surface area contributed by atoms with Crippen molar-refractivity contribution in [1.29, 1.82) is 0 Å². The summed E-state index contributed by atoms with van der Waals surface area (Å²) in [5.41, 5.74) is 1.93. The Morgan fingerprint density at radius 1 is 1.38 bits per heavy atom. The average Bonchev–Trinajstić information content (AvgIpc) is 3.19. The maximum Gasteiger partial charge on any atom is 0.192 e. The lowest BCUT2D eigenvalue weighted by Gasteiger charge is -2.09. The van der Waals surface area contributed by atoms with Crippen molar-refractivity contribution in [1.82, 2.24) is 20.8 Å². The van der Waals surface area contributed by atoms with Crippen molar-refractivity contribution >= 4 is 22.4 Å². The maximum atomic E-state index is 5.34. The molecule has 0 atom stereocenters. The first-order valence-electron chi connectivity index (χ1n) is 8.09. The van der Waals surface area contributed by atoms with Crippen LogP contribution in [0.1, 0.15) is 43.8 Å². The molecule has 2 rings (SSSR count). The molecule has 0 unspecified atom stereocenters. The third kappa shape index (κ3) is 5.23. The smallest absolute Gasteiger partial charge is 0.192 e. The van der Waals surface area contributed by atoms with E-state index in [1.807, 2.05) is 37.4 Å². The molecule has 0 aromatic carbocycles. The quantitative estimate of drug-likeness (QED) is 0.590. The Balaban J connectivity index is 1.94. The Morgan fingerprint density at radius 3 is 2.75 bits per heavy atom. The molecule has 0 aliphatic carbocycles. The second kappa shape index (κ2) is 8.68. The van der Waals surface area contributed by atoms with Crippen molar-refractivity contribution in [3.63, 3.8) is 0 Å². The number of nitrogens with zero attached hydrogens (tertiary/aromatic N) is 4. The van der Waals surface area contributed by atoms with E-state index >= 15 is 0 Å². The fraction of sp³-hybridized carbons (Fsp3) is 0.562. The summed E-state index contributed by atoms with van der Waals surface area (Å²) in [7, 11) is 3.97. The average molecular weight is 350 g/mol. The standard InChI is InChI=1S/C16H26N6OS/c1-6-17-15(18-8-12-10-24-16(20-12)22(4)5)19-9-13-7-14(11(2)3)21-23-13/h7,10-11H,6,8-9H2,1-5H3,(H2,17,18,19). The molecular formula is C16H26N6OS. The first kappa shape index (κ1) is 18.3. The van der Waals surface area contributed by atoms with Crippen molar-refractivity contribution in [2.24, 2.45) is 4.99 Å². The summed E-state index contributed by atoms with van der Waals surface area (Å²) < 4.78 is 5.34. The Hall–Kier alpha value is -2.09. The number of aliphatic imine (C=N–C) groups is 1. The molecule has 0 bridgehead atoms. The van der Waals surface area contributed by atoms with Crippen LogP contribution in [0.3, 0.4) is 0 Å². The van der Waals surface area contributed by atoms with Crippen molar-refractivity contribution in [2.75, 3.05) is 25.5 Å². The Kier molecular flexibility index (Phi) is 6.60.